The molecule has 2 aromatic carbocycles. The van der Waals surface area contributed by atoms with Gasteiger partial charge in [0.15, 0.2) is 47.4 Å². The number of halogens is 7. The molecule has 0 radical (unpaired) electrons. The summed E-state index contributed by atoms with van der Waals surface area (Å²) in [5.74, 6) is -7.56. The van der Waals surface area contributed by atoms with Crippen LogP contribution in [0.25, 0.3) is 23.8 Å². The number of carbonyl (C=O) groups is 1. The first-order valence-corrected chi connectivity index (χ1v) is 24.9. The predicted octanol–water partition coefficient (Wildman–Crippen LogP) is -2.60. The number of aromatic nitrogens is 8. The Balaban J connectivity index is 0.000000444. The molecule has 2 aliphatic heterocycles. The van der Waals surface area contributed by atoms with Crippen molar-refractivity contribution in [3.63, 3.8) is 0 Å². The summed E-state index contributed by atoms with van der Waals surface area (Å²) in [6.07, 6.45) is 6.25. The first-order valence-electron chi connectivity index (χ1n) is 21.3. The van der Waals surface area contributed by atoms with E-state index in [1.54, 1.807) is 13.8 Å². The average Bonchev–Trinajstić information content (AvgIpc) is 4.00. The van der Waals surface area contributed by atoms with Crippen molar-refractivity contribution in [2.45, 2.75) is 52.0 Å². The number of nitrogens with zero attached hydrogens (tertiary/aromatic N) is 12. The minimum absolute atomic E-state index is 0. The van der Waals surface area contributed by atoms with E-state index in [-0.39, 0.29) is 216 Å². The fourth-order valence-electron chi connectivity index (χ4n) is 6.68. The van der Waals surface area contributed by atoms with Crippen molar-refractivity contribution in [3.8, 4) is 5.88 Å². The van der Waals surface area contributed by atoms with Crippen LogP contribution in [-0.4, -0.2) is 115 Å². The molecule has 2 atom stereocenters. The molecule has 4 aromatic heterocycles. The molecule has 6 heterocycles. The second-order valence-corrected chi connectivity index (χ2v) is 20.6. The van der Waals surface area contributed by atoms with Gasteiger partial charge in [-0.25, -0.2) is 81.7 Å². The van der Waals surface area contributed by atoms with Gasteiger partial charge in [0.1, 0.15) is 34.2 Å². The van der Waals surface area contributed by atoms with Crippen LogP contribution in [0.5, 0.6) is 5.88 Å². The van der Waals surface area contributed by atoms with E-state index in [0.29, 0.717) is 17.6 Å². The zero-order valence-corrected chi connectivity index (χ0v) is 57.6. The van der Waals surface area contributed by atoms with Gasteiger partial charge in [-0.1, -0.05) is 21.9 Å². The van der Waals surface area contributed by atoms with Gasteiger partial charge in [-0.3, -0.25) is 4.79 Å². The fraction of sp³-hybridized carbons (Fsp3) is 0.279. The third-order valence-corrected chi connectivity index (χ3v) is 14.5. The fourth-order valence-corrected chi connectivity index (χ4v) is 9.68. The van der Waals surface area contributed by atoms with Crippen molar-refractivity contribution in [2.75, 3.05) is 25.6 Å². The van der Waals surface area contributed by atoms with Crippen LogP contribution in [-0.2, 0) is 54.0 Å². The molecule has 0 fully saturated rings. The maximum atomic E-state index is 14.9. The number of ether oxygens (including phenoxy) is 1. The van der Waals surface area contributed by atoms with E-state index in [1.807, 2.05) is 0 Å². The van der Waals surface area contributed by atoms with Crippen LogP contribution in [0.4, 0.5) is 26.3 Å². The summed E-state index contributed by atoms with van der Waals surface area (Å²) < 4.78 is 153. The van der Waals surface area contributed by atoms with Gasteiger partial charge in [0.05, 0.1) is 36.3 Å². The summed E-state index contributed by atoms with van der Waals surface area (Å²) in [6, 6.07) is 3.74. The van der Waals surface area contributed by atoms with Crippen molar-refractivity contribution >= 4 is 73.8 Å². The van der Waals surface area contributed by atoms with E-state index in [0.717, 1.165) is 69.8 Å². The number of carbonyl (C=O) groups excluding carboxylic acids is 1. The molecule has 79 heavy (non-hydrogen) atoms. The van der Waals surface area contributed by atoms with Gasteiger partial charge < -0.3 is 41.9 Å². The van der Waals surface area contributed by atoms with Gasteiger partial charge in [-0.15, -0.1) is 0 Å². The summed E-state index contributed by atoms with van der Waals surface area (Å²) in [4.78, 5) is 42.3. The van der Waals surface area contributed by atoms with Crippen LogP contribution in [0.15, 0.2) is 68.1 Å². The molecule has 0 saturated heterocycles. The normalized spacial score (nSPS) is 18.3. The maximum absolute atomic E-state index is 14.9. The van der Waals surface area contributed by atoms with Crippen molar-refractivity contribution in [2.24, 2.45) is 21.5 Å². The van der Waals surface area contributed by atoms with Crippen molar-refractivity contribution in [3.05, 3.63) is 135 Å². The van der Waals surface area contributed by atoms with Crippen LogP contribution in [0, 0.1) is 37.1 Å². The summed E-state index contributed by atoms with van der Waals surface area (Å²) >= 11 is 5.60. The van der Waals surface area contributed by atoms with E-state index in [4.69, 9.17) is 47.5 Å². The molecule has 36 heteroatoms. The first-order chi connectivity index (χ1) is 36.0. The smallest absolute Gasteiger partial charge is 1.00 e. The Labute approximate surface area is 569 Å². The second kappa shape index (κ2) is 29.8. The Hall–Kier alpha value is -4.04. The van der Waals surface area contributed by atoms with Crippen LogP contribution in [0.1, 0.15) is 72.3 Å². The number of nitrogens with two attached hydrogens (primary N) is 2. The summed E-state index contributed by atoms with van der Waals surface area (Å²) in [7, 11) is -5.46. The van der Waals surface area contributed by atoms with Gasteiger partial charge in [-0.2, -0.15) is 9.97 Å². The monoisotopic (exact) mass is 1410 g/mol. The molecule has 0 unspecified atom stereocenters. The number of aryl methyl sites for hydroxylation is 2. The number of guanidine groups is 2. The Bertz CT molecular complexity index is 3490. The number of benzene rings is 2. The Morgan fingerprint density at radius 3 is 1.51 bits per heavy atom. The number of rotatable bonds is 11. The standard InChI is InChI=1S/C21H20F3N7O4S.C17H15ClF3N5O2S.C4H6N2O2.CH2O3.2Cs.H/c1-11-28-17(30-35-11)9-34-18-8-26-16(7-27-18)14(22)5-12-4-13(19(24)15(23)6-12)21(2)10-36(32,33)31(3)20(25)29-21;1-17(8-29(27,28)26(2)16(22)25-17)10-3-9(5-12(20)15(10)21)4-11(19)13-6-24-14(18)7-23-13;1-3-5-4(2-7)6-8-3;2-1-4-3;;;/h4-8H,9-10H2,1-3H3,(H2,25,29);3-7H,8H2,1-2H3,(H2,22,25);7H,2H2,1H3;1,3H;;;/q;;;;2*+1;-1/p-1/b14-5-;11-4-;;;;;/t21-;17-;;;;;/m00...../s1. The van der Waals surface area contributed by atoms with Gasteiger partial charge in [0.25, 0.3) is 6.47 Å². The summed E-state index contributed by atoms with van der Waals surface area (Å²) in [5, 5.41) is 23.9. The van der Waals surface area contributed by atoms with Crippen LogP contribution < -0.4 is 159 Å². The van der Waals surface area contributed by atoms with Gasteiger partial charge >= 0.3 is 138 Å². The molecular formula is C43H43ClCs2F6N14O11S2. The van der Waals surface area contributed by atoms with Crippen molar-refractivity contribution < 1.29 is 216 Å². The molecule has 2 aliphatic rings. The minimum Gasteiger partial charge on any atom is -1.00 e. The van der Waals surface area contributed by atoms with Crippen molar-refractivity contribution in [1.29, 1.82) is 0 Å². The molecule has 6 aromatic rings. The number of aliphatic hydroxyl groups is 1. The quantitative estimate of drug-likeness (QED) is 0.0518. The molecule has 0 bridgehead atoms. The Morgan fingerprint density at radius 1 is 0.759 bits per heavy atom. The molecule has 0 saturated carbocycles. The van der Waals surface area contributed by atoms with Crippen molar-refractivity contribution in [1.82, 2.24) is 48.8 Å². The van der Waals surface area contributed by atoms with E-state index < -0.39 is 83.1 Å². The number of hydrogen-bond donors (Lipinski definition) is 3. The number of hydrogen-bond acceptors (Lipinski definition) is 23. The first kappa shape index (κ1) is 69.2. The van der Waals surface area contributed by atoms with Crippen LogP contribution in [0.3, 0.4) is 0 Å². The van der Waals surface area contributed by atoms with E-state index in [9.17, 15) is 43.2 Å². The average molecular weight is 1410 g/mol. The van der Waals surface area contributed by atoms with Crippen LogP contribution in [0.2, 0.25) is 5.15 Å². The molecule has 8 rings (SSSR count). The SMILES string of the molecule is CN1C(N)=N[C@](C)(c2cc(/C=C(\F)c3cnc(Cl)cn3)cc(F)c2F)CS1(=O)=O.Cc1nc(CO)no1.Cc1nc(COc2cnc(/C(F)=C/c3cc(F)c(F)c([C@]4(C)CS(=O)(=O)N(C)C(N)=N4)c3)cn2)no1.O=CO[O-].[Cs+].[Cs+].[H-]. The zero-order valence-electron chi connectivity index (χ0n) is 43.7. The van der Waals surface area contributed by atoms with E-state index in [2.05, 4.69) is 59.6 Å². The number of sulfonamides is 2. The Morgan fingerprint density at radius 2 is 1.18 bits per heavy atom. The van der Waals surface area contributed by atoms with E-state index >= 15 is 0 Å². The molecule has 0 spiro atoms. The van der Waals surface area contributed by atoms with E-state index in [1.165, 1.54) is 27.9 Å². The number of aliphatic hydroxyl groups excluding tert-OH is 1. The molecule has 414 valence electrons. The molecule has 0 aliphatic carbocycles. The predicted molar refractivity (Wildman–Crippen MR) is 257 cm³/mol. The molecule has 5 N–H and O–H groups in total. The largest absolute Gasteiger partial charge is 1.00 e. The van der Waals surface area contributed by atoms with Crippen LogP contribution >= 0.6 is 11.6 Å². The topological polar surface area (TPSA) is 360 Å². The third-order valence-electron chi connectivity index (χ3n) is 10.4. The third kappa shape index (κ3) is 18.5. The molecule has 25 nitrogen and oxygen atoms in total. The summed E-state index contributed by atoms with van der Waals surface area (Å²) in [5.41, 5.74) is 6.57. The molecule has 0 amide bonds. The molecular weight excluding hydrogens is 1370 g/mol. The number of aliphatic imine (C=N–C) groups is 2. The maximum Gasteiger partial charge on any atom is 1.00 e. The second-order valence-electron chi connectivity index (χ2n) is 16.2. The van der Waals surface area contributed by atoms with Gasteiger partial charge in [0, 0.05) is 39.1 Å². The zero-order chi connectivity index (χ0) is 57.2. The Kier molecular flexibility index (Phi) is 26.1. The van der Waals surface area contributed by atoms with Gasteiger partial charge in [0.2, 0.25) is 55.5 Å². The summed E-state index contributed by atoms with van der Waals surface area (Å²) in [6.45, 7) is 5.51. The minimum atomic E-state index is -3.94. The van der Waals surface area contributed by atoms with Gasteiger partial charge in [-0.05, 0) is 61.4 Å².